The van der Waals surface area contributed by atoms with E-state index < -0.39 is 0 Å². The Balaban J connectivity index is 2.27. The van der Waals surface area contributed by atoms with E-state index in [1.54, 1.807) is 0 Å². The molecule has 0 bridgehead atoms. The van der Waals surface area contributed by atoms with Crippen LogP contribution in [0.5, 0.6) is 0 Å². The van der Waals surface area contributed by atoms with Crippen molar-refractivity contribution in [2.45, 2.75) is 62.3 Å². The molecule has 1 saturated carbocycles. The minimum absolute atomic E-state index is 0.465. The largest absolute Gasteiger partial charge is 0.156 e. The minimum atomic E-state index is 0.465. The van der Waals surface area contributed by atoms with Gasteiger partial charge in [0.15, 0.2) is 0 Å². The molecule has 0 saturated heterocycles. The van der Waals surface area contributed by atoms with E-state index in [0.717, 1.165) is 16.4 Å². The second kappa shape index (κ2) is 5.50. The van der Waals surface area contributed by atoms with Crippen molar-refractivity contribution >= 4 is 23.4 Å². The predicted octanol–water partition coefficient (Wildman–Crippen LogP) is 4.31. The summed E-state index contributed by atoms with van der Waals surface area (Å²) in [5.74, 6) is 0.919. The number of hydrogen-bond donors (Lipinski definition) is 0. The quantitative estimate of drug-likeness (QED) is 0.639. The van der Waals surface area contributed by atoms with Crippen LogP contribution in [0.15, 0.2) is 0 Å². The third-order valence-corrected chi connectivity index (χ3v) is 4.65. The first-order valence-electron chi connectivity index (χ1n) is 5.39. The molecule has 0 aliphatic heterocycles. The second-order valence-corrected chi connectivity index (χ2v) is 6.98. The molecule has 2 heteroatoms. The molecule has 1 atom stereocenters. The van der Waals surface area contributed by atoms with Crippen LogP contribution < -0.4 is 0 Å². The Kier molecular flexibility index (Phi) is 4.96. The van der Waals surface area contributed by atoms with Gasteiger partial charge in [0.05, 0.1) is 0 Å². The topological polar surface area (TPSA) is 0 Å². The molecule has 13 heavy (non-hydrogen) atoms. The molecule has 1 aliphatic rings. The average molecular weight is 221 g/mol. The van der Waals surface area contributed by atoms with Crippen LogP contribution in [0.2, 0.25) is 0 Å². The first-order chi connectivity index (χ1) is 6.09. The zero-order valence-electron chi connectivity index (χ0n) is 8.92. The average Bonchev–Trinajstić information content (AvgIpc) is 2.04. The van der Waals surface area contributed by atoms with Crippen molar-refractivity contribution in [3.8, 4) is 0 Å². The summed E-state index contributed by atoms with van der Waals surface area (Å²) in [6.07, 6.45) is 5.15. The third-order valence-electron chi connectivity index (χ3n) is 2.85. The van der Waals surface area contributed by atoms with E-state index in [1.807, 2.05) is 0 Å². The van der Waals surface area contributed by atoms with Crippen LogP contribution in [0.25, 0.3) is 0 Å². The zero-order chi connectivity index (χ0) is 9.84. The van der Waals surface area contributed by atoms with Crippen molar-refractivity contribution in [2.75, 3.05) is 0 Å². The molecule has 0 radical (unpaired) electrons. The van der Waals surface area contributed by atoms with Crippen molar-refractivity contribution in [3.63, 3.8) is 0 Å². The van der Waals surface area contributed by atoms with Gasteiger partial charge in [-0.1, -0.05) is 20.8 Å². The standard InChI is InChI=1S/C11H21ClS/c1-8(2)13-9(3)10-4-6-11(12)7-5-10/h8-11H,4-7H2,1-3H3. The van der Waals surface area contributed by atoms with Crippen LogP contribution in [-0.4, -0.2) is 15.9 Å². The summed E-state index contributed by atoms with van der Waals surface area (Å²) in [7, 11) is 0. The molecule has 0 heterocycles. The van der Waals surface area contributed by atoms with Gasteiger partial charge in [0.2, 0.25) is 0 Å². The molecule has 1 aliphatic carbocycles. The van der Waals surface area contributed by atoms with Crippen LogP contribution in [0.4, 0.5) is 0 Å². The predicted molar refractivity (Wildman–Crippen MR) is 63.8 cm³/mol. The molecular weight excluding hydrogens is 200 g/mol. The van der Waals surface area contributed by atoms with Gasteiger partial charge in [-0.2, -0.15) is 11.8 Å². The Morgan fingerprint density at radius 2 is 1.62 bits per heavy atom. The maximum Gasteiger partial charge on any atom is 0.0336 e. The lowest BCUT2D eigenvalue weighted by Crippen LogP contribution is -2.22. The van der Waals surface area contributed by atoms with Crippen LogP contribution in [-0.2, 0) is 0 Å². The summed E-state index contributed by atoms with van der Waals surface area (Å²) in [6.45, 7) is 6.95. The van der Waals surface area contributed by atoms with Gasteiger partial charge in [-0.05, 0) is 36.9 Å². The lowest BCUT2D eigenvalue weighted by Gasteiger charge is -2.30. The van der Waals surface area contributed by atoms with Crippen LogP contribution in [0, 0.1) is 5.92 Å². The number of thioether (sulfide) groups is 1. The van der Waals surface area contributed by atoms with Gasteiger partial charge in [0.1, 0.15) is 0 Å². The molecular formula is C11H21ClS. The minimum Gasteiger partial charge on any atom is -0.156 e. The summed E-state index contributed by atoms with van der Waals surface area (Å²) in [5, 5.41) is 2.06. The molecule has 0 amide bonds. The molecule has 78 valence electrons. The summed E-state index contributed by atoms with van der Waals surface area (Å²) in [4.78, 5) is 0. The second-order valence-electron chi connectivity index (χ2n) is 4.40. The number of halogens is 1. The Morgan fingerprint density at radius 1 is 1.08 bits per heavy atom. The smallest absolute Gasteiger partial charge is 0.0336 e. The number of hydrogen-bond acceptors (Lipinski definition) is 1. The number of alkyl halides is 1. The summed E-state index contributed by atoms with van der Waals surface area (Å²) in [6, 6.07) is 0. The third kappa shape index (κ3) is 4.12. The molecule has 1 fully saturated rings. The van der Waals surface area contributed by atoms with Crippen LogP contribution in [0.3, 0.4) is 0 Å². The molecule has 0 nitrogen and oxygen atoms in total. The fourth-order valence-corrected chi connectivity index (χ4v) is 3.69. The van der Waals surface area contributed by atoms with Crippen LogP contribution in [0.1, 0.15) is 46.5 Å². The van der Waals surface area contributed by atoms with Crippen LogP contribution >= 0.6 is 23.4 Å². The lowest BCUT2D eigenvalue weighted by atomic mass is 9.87. The van der Waals surface area contributed by atoms with Crippen molar-refractivity contribution in [1.82, 2.24) is 0 Å². The van der Waals surface area contributed by atoms with Gasteiger partial charge in [-0.3, -0.25) is 0 Å². The molecule has 1 unspecified atom stereocenters. The van der Waals surface area contributed by atoms with E-state index in [1.165, 1.54) is 25.7 Å². The van der Waals surface area contributed by atoms with E-state index >= 15 is 0 Å². The zero-order valence-corrected chi connectivity index (χ0v) is 10.5. The Bertz CT molecular complexity index is 139. The highest BCUT2D eigenvalue weighted by molar-refractivity contribution is 8.00. The highest BCUT2D eigenvalue weighted by atomic mass is 35.5. The summed E-state index contributed by atoms with van der Waals surface area (Å²) in [5.41, 5.74) is 0. The first-order valence-corrected chi connectivity index (χ1v) is 6.77. The highest BCUT2D eigenvalue weighted by Gasteiger charge is 2.24. The molecule has 0 aromatic heterocycles. The Morgan fingerprint density at radius 3 is 2.08 bits per heavy atom. The van der Waals surface area contributed by atoms with Gasteiger partial charge >= 0.3 is 0 Å². The van der Waals surface area contributed by atoms with Gasteiger partial charge in [0.25, 0.3) is 0 Å². The van der Waals surface area contributed by atoms with Gasteiger partial charge in [-0.25, -0.2) is 0 Å². The maximum atomic E-state index is 6.09. The van der Waals surface area contributed by atoms with E-state index in [0.29, 0.717) is 5.38 Å². The van der Waals surface area contributed by atoms with E-state index in [2.05, 4.69) is 32.5 Å². The molecule has 0 spiro atoms. The summed E-state index contributed by atoms with van der Waals surface area (Å²) < 4.78 is 0. The SMILES string of the molecule is CC(C)SC(C)C1CCC(Cl)CC1. The summed E-state index contributed by atoms with van der Waals surface area (Å²) >= 11 is 8.20. The molecule has 0 aromatic rings. The fraction of sp³-hybridized carbons (Fsp3) is 1.00. The van der Waals surface area contributed by atoms with Gasteiger partial charge < -0.3 is 0 Å². The normalized spacial score (nSPS) is 32.1. The van der Waals surface area contributed by atoms with E-state index in [9.17, 15) is 0 Å². The van der Waals surface area contributed by atoms with E-state index in [-0.39, 0.29) is 0 Å². The number of rotatable bonds is 3. The van der Waals surface area contributed by atoms with Crippen molar-refractivity contribution in [1.29, 1.82) is 0 Å². The highest BCUT2D eigenvalue weighted by Crippen LogP contribution is 2.35. The monoisotopic (exact) mass is 220 g/mol. The van der Waals surface area contributed by atoms with Crippen molar-refractivity contribution < 1.29 is 0 Å². The first kappa shape index (κ1) is 11.7. The maximum absolute atomic E-state index is 6.09. The van der Waals surface area contributed by atoms with Gasteiger partial charge in [-0.15, -0.1) is 11.6 Å². The Hall–Kier alpha value is 0.640. The lowest BCUT2D eigenvalue weighted by molar-refractivity contribution is 0.361. The van der Waals surface area contributed by atoms with Crippen molar-refractivity contribution in [2.24, 2.45) is 5.92 Å². The molecule has 0 aromatic carbocycles. The molecule has 1 rings (SSSR count). The molecule has 0 N–H and O–H groups in total. The Labute approximate surface area is 91.8 Å². The van der Waals surface area contributed by atoms with Crippen molar-refractivity contribution in [3.05, 3.63) is 0 Å². The van der Waals surface area contributed by atoms with E-state index in [4.69, 9.17) is 11.6 Å². The fourth-order valence-electron chi connectivity index (χ4n) is 2.09. The van der Waals surface area contributed by atoms with Gasteiger partial charge in [0, 0.05) is 10.6 Å².